The molecule has 0 spiro atoms. The Balaban J connectivity index is 1.40. The minimum atomic E-state index is -0.250. The number of fused-ring (bicyclic) bond motifs is 1. The minimum Gasteiger partial charge on any atom is -0.454 e. The smallest absolute Gasteiger partial charge is 0.242 e. The van der Waals surface area contributed by atoms with Crippen LogP contribution in [0.2, 0.25) is 0 Å². The maximum Gasteiger partial charge on any atom is 0.242 e. The van der Waals surface area contributed by atoms with E-state index in [0.717, 1.165) is 28.4 Å². The molecule has 0 saturated carbocycles. The average molecular weight is 330 g/mol. The molecule has 1 aromatic rings. The van der Waals surface area contributed by atoms with E-state index in [0.29, 0.717) is 13.1 Å². The monoisotopic (exact) mass is 330 g/mol. The van der Waals surface area contributed by atoms with Crippen molar-refractivity contribution in [3.8, 4) is 11.5 Å². The van der Waals surface area contributed by atoms with Gasteiger partial charge in [0.15, 0.2) is 11.5 Å². The normalized spacial score (nSPS) is 22.6. The van der Waals surface area contributed by atoms with Crippen LogP contribution in [-0.2, 0) is 14.4 Å². The van der Waals surface area contributed by atoms with Gasteiger partial charge in [0.25, 0.3) is 0 Å². The highest BCUT2D eigenvalue weighted by molar-refractivity contribution is 6.04. The number of nitrogens with zero attached hydrogens (tertiary/aromatic N) is 2. The van der Waals surface area contributed by atoms with Gasteiger partial charge in [0.1, 0.15) is 6.54 Å². The van der Waals surface area contributed by atoms with Crippen LogP contribution in [0.4, 0.5) is 0 Å². The maximum atomic E-state index is 12.4. The van der Waals surface area contributed by atoms with E-state index in [1.807, 2.05) is 18.2 Å². The van der Waals surface area contributed by atoms with E-state index in [1.54, 1.807) is 4.90 Å². The highest BCUT2D eigenvalue weighted by Gasteiger charge is 2.34. The Hall–Kier alpha value is -2.57. The number of likely N-dealkylation sites (tertiary alicyclic amines) is 2. The van der Waals surface area contributed by atoms with Gasteiger partial charge in [0, 0.05) is 31.8 Å². The number of amides is 3. The summed E-state index contributed by atoms with van der Waals surface area (Å²) in [7, 11) is 0. The summed E-state index contributed by atoms with van der Waals surface area (Å²) in [5.41, 5.74) is 1.11. The van der Waals surface area contributed by atoms with Gasteiger partial charge in [-0.25, -0.2) is 0 Å². The number of rotatable bonds is 3. The van der Waals surface area contributed by atoms with E-state index >= 15 is 0 Å². The summed E-state index contributed by atoms with van der Waals surface area (Å²) in [6.45, 7) is 1.33. The molecule has 4 rings (SSSR count). The molecule has 3 aliphatic rings. The van der Waals surface area contributed by atoms with Crippen LogP contribution >= 0.6 is 0 Å². The van der Waals surface area contributed by atoms with Crippen LogP contribution < -0.4 is 9.47 Å². The lowest BCUT2D eigenvalue weighted by Crippen LogP contribution is -2.41. The van der Waals surface area contributed by atoms with Crippen molar-refractivity contribution in [2.24, 2.45) is 0 Å². The van der Waals surface area contributed by atoms with Gasteiger partial charge in [-0.15, -0.1) is 0 Å². The number of hydrogen-bond acceptors (Lipinski definition) is 5. The van der Waals surface area contributed by atoms with Crippen molar-refractivity contribution in [1.29, 1.82) is 0 Å². The lowest BCUT2D eigenvalue weighted by molar-refractivity contribution is -0.145. The largest absolute Gasteiger partial charge is 0.454 e. The number of carbonyl (C=O) groups excluding carboxylic acids is 3. The third kappa shape index (κ3) is 2.60. The molecule has 0 N–H and O–H groups in total. The first-order valence-corrected chi connectivity index (χ1v) is 8.12. The SMILES string of the molecule is O=C(CN1C(=O)CCC1=O)N1CCC(c2ccc3c(c2)OCO3)C1. The number of hydrogen-bond donors (Lipinski definition) is 0. The second-order valence-electron chi connectivity index (χ2n) is 6.31. The van der Waals surface area contributed by atoms with Crippen molar-refractivity contribution in [3.63, 3.8) is 0 Å². The summed E-state index contributed by atoms with van der Waals surface area (Å²) in [6.07, 6.45) is 1.28. The molecular weight excluding hydrogens is 312 g/mol. The summed E-state index contributed by atoms with van der Waals surface area (Å²) in [5, 5.41) is 0. The minimum absolute atomic E-state index is 0.133. The molecule has 7 heteroatoms. The molecule has 0 aliphatic carbocycles. The third-order valence-corrected chi connectivity index (χ3v) is 4.86. The van der Waals surface area contributed by atoms with Gasteiger partial charge in [0.05, 0.1) is 0 Å². The molecule has 1 unspecified atom stereocenters. The molecule has 1 atom stereocenters. The Morgan fingerprint density at radius 1 is 1.12 bits per heavy atom. The van der Waals surface area contributed by atoms with Crippen LogP contribution in [0.25, 0.3) is 0 Å². The Kier molecular flexibility index (Phi) is 3.63. The first kappa shape index (κ1) is 15.0. The standard InChI is InChI=1S/C17H18N2O5/c20-15-3-4-16(21)19(15)9-17(22)18-6-5-12(8-18)11-1-2-13-14(7-11)24-10-23-13/h1-2,7,12H,3-6,8-10H2. The zero-order valence-electron chi connectivity index (χ0n) is 13.2. The molecule has 0 bridgehead atoms. The van der Waals surface area contributed by atoms with E-state index in [-0.39, 0.29) is 49.8 Å². The molecule has 0 radical (unpaired) electrons. The summed E-state index contributed by atoms with van der Waals surface area (Å²) < 4.78 is 10.7. The van der Waals surface area contributed by atoms with Crippen molar-refractivity contribution in [3.05, 3.63) is 23.8 Å². The van der Waals surface area contributed by atoms with Crippen LogP contribution in [0.5, 0.6) is 11.5 Å². The number of benzene rings is 1. The van der Waals surface area contributed by atoms with Crippen LogP contribution in [0.15, 0.2) is 18.2 Å². The van der Waals surface area contributed by atoms with Gasteiger partial charge in [0.2, 0.25) is 24.5 Å². The first-order valence-electron chi connectivity index (χ1n) is 8.12. The number of imide groups is 1. The molecule has 24 heavy (non-hydrogen) atoms. The van der Waals surface area contributed by atoms with Crippen LogP contribution in [-0.4, -0.2) is 53.9 Å². The molecule has 3 amide bonds. The van der Waals surface area contributed by atoms with E-state index in [1.165, 1.54) is 0 Å². The van der Waals surface area contributed by atoms with Gasteiger partial charge in [-0.3, -0.25) is 19.3 Å². The van der Waals surface area contributed by atoms with Gasteiger partial charge in [-0.1, -0.05) is 6.07 Å². The fourth-order valence-corrected chi connectivity index (χ4v) is 3.46. The molecule has 1 aromatic carbocycles. The van der Waals surface area contributed by atoms with Gasteiger partial charge < -0.3 is 14.4 Å². The second kappa shape index (κ2) is 5.81. The van der Waals surface area contributed by atoms with E-state index < -0.39 is 0 Å². The fourth-order valence-electron chi connectivity index (χ4n) is 3.46. The lowest BCUT2D eigenvalue weighted by atomic mass is 9.98. The summed E-state index contributed by atoms with van der Waals surface area (Å²) >= 11 is 0. The highest BCUT2D eigenvalue weighted by Crippen LogP contribution is 2.37. The topological polar surface area (TPSA) is 76.2 Å². The summed E-state index contributed by atoms with van der Waals surface area (Å²) in [6, 6.07) is 5.86. The average Bonchev–Trinajstić information content (AvgIpc) is 3.29. The third-order valence-electron chi connectivity index (χ3n) is 4.86. The molecule has 126 valence electrons. The molecule has 2 saturated heterocycles. The first-order chi connectivity index (χ1) is 11.6. The van der Waals surface area contributed by atoms with Gasteiger partial charge >= 0.3 is 0 Å². The van der Waals surface area contributed by atoms with Crippen LogP contribution in [0, 0.1) is 0 Å². The molecule has 0 aromatic heterocycles. The van der Waals surface area contributed by atoms with Crippen molar-refractivity contribution in [1.82, 2.24) is 9.80 Å². The summed E-state index contributed by atoms with van der Waals surface area (Å²) in [5.74, 6) is 1.05. The number of carbonyl (C=O) groups is 3. The summed E-state index contributed by atoms with van der Waals surface area (Å²) in [4.78, 5) is 38.5. The number of ether oxygens (including phenoxy) is 2. The lowest BCUT2D eigenvalue weighted by Gasteiger charge is -2.20. The fraction of sp³-hybridized carbons (Fsp3) is 0.471. The molecule has 7 nitrogen and oxygen atoms in total. The Labute approximate surface area is 139 Å². The Bertz CT molecular complexity index is 701. The van der Waals surface area contributed by atoms with Crippen molar-refractivity contribution in [2.75, 3.05) is 26.4 Å². The predicted octanol–water partition coefficient (Wildman–Crippen LogP) is 0.880. The second-order valence-corrected chi connectivity index (χ2v) is 6.31. The quantitative estimate of drug-likeness (QED) is 0.769. The van der Waals surface area contributed by atoms with Crippen molar-refractivity contribution in [2.45, 2.75) is 25.2 Å². The molecule has 3 heterocycles. The van der Waals surface area contributed by atoms with Crippen LogP contribution in [0.1, 0.15) is 30.7 Å². The molecule has 2 fully saturated rings. The Morgan fingerprint density at radius 3 is 2.67 bits per heavy atom. The molecular formula is C17H18N2O5. The van der Waals surface area contributed by atoms with E-state index in [4.69, 9.17) is 9.47 Å². The maximum absolute atomic E-state index is 12.4. The zero-order valence-corrected chi connectivity index (χ0v) is 13.2. The zero-order chi connectivity index (χ0) is 16.7. The van der Waals surface area contributed by atoms with Crippen molar-refractivity contribution < 1.29 is 23.9 Å². The van der Waals surface area contributed by atoms with Crippen molar-refractivity contribution >= 4 is 17.7 Å². The van der Waals surface area contributed by atoms with E-state index in [2.05, 4.69) is 0 Å². The van der Waals surface area contributed by atoms with Gasteiger partial charge in [-0.05, 0) is 24.1 Å². The predicted molar refractivity (Wildman–Crippen MR) is 82.5 cm³/mol. The molecule has 3 aliphatic heterocycles. The van der Waals surface area contributed by atoms with Crippen LogP contribution in [0.3, 0.4) is 0 Å². The Morgan fingerprint density at radius 2 is 1.88 bits per heavy atom. The van der Waals surface area contributed by atoms with Gasteiger partial charge in [-0.2, -0.15) is 0 Å². The highest BCUT2D eigenvalue weighted by atomic mass is 16.7. The van der Waals surface area contributed by atoms with E-state index in [9.17, 15) is 14.4 Å².